The molecule has 0 saturated heterocycles. The SMILES string of the molecule is COc1ccc(C(=O)Cn2nc(C)c(Br)c2C)cc1Cl. The average Bonchev–Trinajstić information content (AvgIpc) is 2.66. The molecule has 2 aromatic rings. The van der Waals surface area contributed by atoms with E-state index in [0.29, 0.717) is 16.3 Å². The number of halogens is 2. The molecule has 0 spiro atoms. The van der Waals surface area contributed by atoms with E-state index >= 15 is 0 Å². The van der Waals surface area contributed by atoms with Crippen LogP contribution in [0.25, 0.3) is 0 Å². The third-order valence-corrected chi connectivity index (χ3v) is 4.50. The molecule has 0 aliphatic carbocycles. The molecule has 20 heavy (non-hydrogen) atoms. The minimum Gasteiger partial charge on any atom is -0.495 e. The fourth-order valence-electron chi connectivity index (χ4n) is 1.90. The monoisotopic (exact) mass is 356 g/mol. The first-order valence-corrected chi connectivity index (χ1v) is 7.17. The van der Waals surface area contributed by atoms with Gasteiger partial charge in [-0.25, -0.2) is 0 Å². The van der Waals surface area contributed by atoms with E-state index in [4.69, 9.17) is 16.3 Å². The van der Waals surface area contributed by atoms with Crippen molar-refractivity contribution in [3.63, 3.8) is 0 Å². The number of nitrogens with zero attached hydrogens (tertiary/aromatic N) is 2. The van der Waals surface area contributed by atoms with Crippen molar-refractivity contribution in [1.29, 1.82) is 0 Å². The lowest BCUT2D eigenvalue weighted by Gasteiger charge is -2.07. The van der Waals surface area contributed by atoms with Crippen LogP contribution in [-0.4, -0.2) is 22.7 Å². The second-order valence-corrected chi connectivity index (χ2v) is 5.62. The number of benzene rings is 1. The van der Waals surface area contributed by atoms with E-state index < -0.39 is 0 Å². The van der Waals surface area contributed by atoms with E-state index in [2.05, 4.69) is 21.0 Å². The number of aromatic nitrogens is 2. The smallest absolute Gasteiger partial charge is 0.184 e. The number of hydrogen-bond acceptors (Lipinski definition) is 3. The van der Waals surface area contributed by atoms with E-state index in [1.807, 2.05) is 13.8 Å². The van der Waals surface area contributed by atoms with Crippen molar-refractivity contribution in [3.8, 4) is 5.75 Å². The summed E-state index contributed by atoms with van der Waals surface area (Å²) in [6, 6.07) is 5.00. The number of carbonyl (C=O) groups is 1. The summed E-state index contributed by atoms with van der Waals surface area (Å²) in [6.07, 6.45) is 0. The van der Waals surface area contributed by atoms with Crippen LogP contribution in [-0.2, 0) is 6.54 Å². The van der Waals surface area contributed by atoms with Crippen molar-refractivity contribution < 1.29 is 9.53 Å². The first kappa shape index (κ1) is 15.1. The quantitative estimate of drug-likeness (QED) is 0.782. The second-order valence-electron chi connectivity index (χ2n) is 4.41. The third-order valence-electron chi connectivity index (χ3n) is 3.06. The second kappa shape index (κ2) is 5.97. The minimum atomic E-state index is -0.0485. The van der Waals surface area contributed by atoms with Crippen LogP contribution < -0.4 is 4.74 Å². The Morgan fingerprint density at radius 2 is 2.15 bits per heavy atom. The van der Waals surface area contributed by atoms with Crippen LogP contribution in [0.3, 0.4) is 0 Å². The molecule has 0 radical (unpaired) electrons. The molecule has 0 saturated carbocycles. The van der Waals surface area contributed by atoms with Crippen molar-refractivity contribution in [1.82, 2.24) is 9.78 Å². The number of Topliss-reactive ketones (excluding diaryl/α,β-unsaturated/α-hetero) is 1. The zero-order valence-corrected chi connectivity index (χ0v) is 13.7. The third kappa shape index (κ3) is 2.88. The number of ether oxygens (including phenoxy) is 1. The number of carbonyl (C=O) groups excluding carboxylic acids is 1. The summed E-state index contributed by atoms with van der Waals surface area (Å²) in [4.78, 5) is 12.3. The molecule has 0 atom stereocenters. The Bertz CT molecular complexity index is 667. The lowest BCUT2D eigenvalue weighted by atomic mass is 10.1. The van der Waals surface area contributed by atoms with Gasteiger partial charge in [0.15, 0.2) is 5.78 Å². The van der Waals surface area contributed by atoms with Crippen molar-refractivity contribution >= 4 is 33.3 Å². The van der Waals surface area contributed by atoms with Crippen molar-refractivity contribution in [2.75, 3.05) is 7.11 Å². The van der Waals surface area contributed by atoms with Crippen molar-refractivity contribution in [2.45, 2.75) is 20.4 Å². The summed E-state index contributed by atoms with van der Waals surface area (Å²) >= 11 is 9.47. The summed E-state index contributed by atoms with van der Waals surface area (Å²) in [5.41, 5.74) is 2.33. The van der Waals surface area contributed by atoms with E-state index in [9.17, 15) is 4.79 Å². The van der Waals surface area contributed by atoms with E-state index in [0.717, 1.165) is 15.9 Å². The Kier molecular flexibility index (Phi) is 4.50. The molecular weight excluding hydrogens is 344 g/mol. The molecule has 6 heteroatoms. The van der Waals surface area contributed by atoms with Crippen molar-refractivity contribution in [3.05, 3.63) is 44.6 Å². The molecule has 1 heterocycles. The molecule has 0 bridgehead atoms. The molecule has 0 amide bonds. The van der Waals surface area contributed by atoms with Crippen LogP contribution in [0, 0.1) is 13.8 Å². The maximum absolute atomic E-state index is 12.3. The highest BCUT2D eigenvalue weighted by molar-refractivity contribution is 9.10. The van der Waals surface area contributed by atoms with Crippen LogP contribution >= 0.6 is 27.5 Å². The lowest BCUT2D eigenvalue weighted by Crippen LogP contribution is -2.13. The van der Waals surface area contributed by atoms with Gasteiger partial charge >= 0.3 is 0 Å². The van der Waals surface area contributed by atoms with Gasteiger partial charge in [0.2, 0.25) is 0 Å². The highest BCUT2D eigenvalue weighted by Gasteiger charge is 2.14. The fraction of sp³-hybridized carbons (Fsp3) is 0.286. The highest BCUT2D eigenvalue weighted by Crippen LogP contribution is 2.25. The minimum absolute atomic E-state index is 0.0485. The van der Waals surface area contributed by atoms with Crippen LogP contribution in [0.4, 0.5) is 0 Å². The van der Waals surface area contributed by atoms with Gasteiger partial charge in [0.05, 0.1) is 28.0 Å². The molecule has 2 rings (SSSR count). The maximum Gasteiger partial charge on any atom is 0.184 e. The predicted octanol–water partition coefficient (Wildman–Crippen LogP) is 3.81. The van der Waals surface area contributed by atoms with Gasteiger partial charge < -0.3 is 4.74 Å². The van der Waals surface area contributed by atoms with Gasteiger partial charge in [-0.15, -0.1) is 0 Å². The van der Waals surface area contributed by atoms with Gasteiger partial charge in [0.1, 0.15) is 12.3 Å². The normalized spacial score (nSPS) is 10.7. The fourth-order valence-corrected chi connectivity index (χ4v) is 2.44. The molecule has 0 aliphatic rings. The number of methoxy groups -OCH3 is 1. The molecular formula is C14H14BrClN2O2. The Morgan fingerprint density at radius 3 is 2.65 bits per heavy atom. The van der Waals surface area contributed by atoms with Crippen LogP contribution in [0.15, 0.2) is 22.7 Å². The van der Waals surface area contributed by atoms with Gasteiger partial charge in [0, 0.05) is 5.56 Å². The maximum atomic E-state index is 12.3. The Labute approximate surface area is 130 Å². The van der Waals surface area contributed by atoms with Gasteiger partial charge in [-0.1, -0.05) is 11.6 Å². The van der Waals surface area contributed by atoms with Gasteiger partial charge in [-0.3, -0.25) is 9.48 Å². The first-order valence-electron chi connectivity index (χ1n) is 6.00. The summed E-state index contributed by atoms with van der Waals surface area (Å²) < 4.78 is 7.68. The molecule has 1 aromatic carbocycles. The summed E-state index contributed by atoms with van der Waals surface area (Å²) in [6.45, 7) is 3.99. The Balaban J connectivity index is 2.24. The highest BCUT2D eigenvalue weighted by atomic mass is 79.9. The van der Waals surface area contributed by atoms with Crippen LogP contribution in [0.2, 0.25) is 5.02 Å². The van der Waals surface area contributed by atoms with E-state index in [-0.39, 0.29) is 12.3 Å². The molecule has 0 aliphatic heterocycles. The van der Waals surface area contributed by atoms with E-state index in [1.165, 1.54) is 7.11 Å². The summed E-state index contributed by atoms with van der Waals surface area (Å²) in [5, 5.41) is 4.75. The van der Waals surface area contributed by atoms with Crippen molar-refractivity contribution in [2.24, 2.45) is 0 Å². The standard InChI is InChI=1S/C14H14BrClN2O2/c1-8-14(15)9(2)18(17-8)7-12(19)10-4-5-13(20-3)11(16)6-10/h4-6H,7H2,1-3H3. The number of ketones is 1. The number of hydrogen-bond donors (Lipinski definition) is 0. The largest absolute Gasteiger partial charge is 0.495 e. The molecule has 0 unspecified atom stereocenters. The predicted molar refractivity (Wildman–Crippen MR) is 81.7 cm³/mol. The Morgan fingerprint density at radius 1 is 1.45 bits per heavy atom. The molecule has 106 valence electrons. The molecule has 1 aromatic heterocycles. The first-order chi connectivity index (χ1) is 9.43. The summed E-state index contributed by atoms with van der Waals surface area (Å²) in [5.74, 6) is 0.504. The van der Waals surface area contributed by atoms with Crippen LogP contribution in [0.5, 0.6) is 5.75 Å². The zero-order chi connectivity index (χ0) is 14.9. The zero-order valence-electron chi connectivity index (χ0n) is 11.4. The summed E-state index contributed by atoms with van der Waals surface area (Å²) in [7, 11) is 1.54. The molecule has 0 fully saturated rings. The van der Waals surface area contributed by atoms with Gasteiger partial charge in [-0.05, 0) is 48.0 Å². The van der Waals surface area contributed by atoms with Crippen LogP contribution in [0.1, 0.15) is 21.7 Å². The van der Waals surface area contributed by atoms with E-state index in [1.54, 1.807) is 22.9 Å². The Hall–Kier alpha value is -1.33. The molecule has 4 nitrogen and oxygen atoms in total. The average molecular weight is 358 g/mol. The number of aryl methyl sites for hydroxylation is 1. The lowest BCUT2D eigenvalue weighted by molar-refractivity contribution is 0.0966. The van der Waals surface area contributed by atoms with Gasteiger partial charge in [0.25, 0.3) is 0 Å². The molecule has 0 N–H and O–H groups in total. The van der Waals surface area contributed by atoms with Gasteiger partial charge in [-0.2, -0.15) is 5.10 Å². The number of rotatable bonds is 4. The topological polar surface area (TPSA) is 44.1 Å².